The molecule has 2 N–H and O–H groups in total. The summed E-state index contributed by atoms with van der Waals surface area (Å²) >= 11 is 0. The van der Waals surface area contributed by atoms with Crippen LogP contribution in [0, 0.1) is 13.3 Å². The fourth-order valence-corrected chi connectivity index (χ4v) is 2.61. The summed E-state index contributed by atoms with van der Waals surface area (Å²) in [6.45, 7) is 3.99. The Balaban J connectivity index is 0.00000338. The van der Waals surface area contributed by atoms with Crippen LogP contribution in [0.5, 0.6) is 11.5 Å². The molecule has 0 fully saturated rings. The topological polar surface area (TPSA) is 40.5 Å². The number of allylic oxidation sites excluding steroid dienone is 2. The Labute approximate surface area is 167 Å². The first-order chi connectivity index (χ1) is 12.2. The molecule has 2 aromatic carbocycles. The van der Waals surface area contributed by atoms with Crippen molar-refractivity contribution >= 4 is 12.2 Å². The minimum atomic E-state index is 0. The Hall–Kier alpha value is -1.96. The summed E-state index contributed by atoms with van der Waals surface area (Å²) in [7, 11) is 0. The van der Waals surface area contributed by atoms with E-state index in [2.05, 4.69) is 19.4 Å². The molecule has 0 saturated carbocycles. The summed E-state index contributed by atoms with van der Waals surface area (Å²) in [6.07, 6.45) is 13.0. The van der Waals surface area contributed by atoms with Gasteiger partial charge in [-0.2, -0.15) is 19.3 Å². The van der Waals surface area contributed by atoms with E-state index in [9.17, 15) is 10.2 Å². The standard InChI is InChI=1S/C23H26O2.Mn/c1-2-19(18-21-15-9-11-17-23(21)25)12-6-4-3-5-7-13-20-14-8-10-16-22(20)24;/h3,7-11,13-18,24-25H,1-2,4-6,12H2;/q-2;+3. The summed E-state index contributed by atoms with van der Waals surface area (Å²) in [5.41, 5.74) is 2.95. The molecule has 0 aliphatic carbocycles. The Kier molecular flexibility index (Phi) is 10.5. The number of phenols is 2. The number of benzene rings is 2. The van der Waals surface area contributed by atoms with Gasteiger partial charge in [0.1, 0.15) is 11.5 Å². The molecule has 0 heterocycles. The average molecular weight is 389 g/mol. The van der Waals surface area contributed by atoms with Crippen molar-refractivity contribution in [2.45, 2.75) is 32.1 Å². The van der Waals surface area contributed by atoms with Gasteiger partial charge >= 0.3 is 17.1 Å². The predicted octanol–water partition coefficient (Wildman–Crippen LogP) is 6.18. The normalized spacial score (nSPS) is 11.5. The molecule has 0 unspecified atom stereocenters. The summed E-state index contributed by atoms with van der Waals surface area (Å²) in [4.78, 5) is 0. The fraction of sp³-hybridized carbons (Fsp3) is 0.217. The maximum atomic E-state index is 9.84. The van der Waals surface area contributed by atoms with Crippen LogP contribution >= 0.6 is 0 Å². The largest absolute Gasteiger partial charge is 3.00 e. The molecule has 0 aliphatic rings. The van der Waals surface area contributed by atoms with Crippen LogP contribution in [-0.4, -0.2) is 10.2 Å². The van der Waals surface area contributed by atoms with Gasteiger partial charge in [0.25, 0.3) is 0 Å². The van der Waals surface area contributed by atoms with Crippen molar-refractivity contribution in [1.82, 2.24) is 0 Å². The molecular weight excluding hydrogens is 363 g/mol. The minimum absolute atomic E-state index is 0. The van der Waals surface area contributed by atoms with Crippen LogP contribution < -0.4 is 0 Å². The molecule has 26 heavy (non-hydrogen) atoms. The van der Waals surface area contributed by atoms with Crippen molar-refractivity contribution in [3.8, 4) is 11.5 Å². The fourth-order valence-electron chi connectivity index (χ4n) is 2.61. The monoisotopic (exact) mass is 389 g/mol. The van der Waals surface area contributed by atoms with Crippen molar-refractivity contribution in [3.05, 3.63) is 84.7 Å². The third-order valence-electron chi connectivity index (χ3n) is 4.06. The Morgan fingerprint density at radius 3 is 2.19 bits per heavy atom. The number of para-hydroxylation sites is 2. The molecule has 0 atom stereocenters. The van der Waals surface area contributed by atoms with Gasteiger partial charge in [-0.3, -0.25) is 0 Å². The number of unbranched alkanes of at least 4 members (excludes halogenated alkanes) is 3. The predicted molar refractivity (Wildman–Crippen MR) is 106 cm³/mol. The van der Waals surface area contributed by atoms with Gasteiger partial charge in [0.15, 0.2) is 0 Å². The van der Waals surface area contributed by atoms with Crippen LogP contribution in [0.3, 0.4) is 0 Å². The molecule has 0 aliphatic heterocycles. The molecule has 0 bridgehead atoms. The van der Waals surface area contributed by atoms with Gasteiger partial charge in [-0.25, -0.2) is 0 Å². The summed E-state index contributed by atoms with van der Waals surface area (Å²) in [6, 6.07) is 14.7. The van der Waals surface area contributed by atoms with Crippen LogP contribution in [0.4, 0.5) is 0 Å². The van der Waals surface area contributed by atoms with Crippen molar-refractivity contribution in [2.24, 2.45) is 0 Å². The molecule has 0 aromatic heterocycles. The number of phenolic OH excluding ortho intramolecular Hbond substituents is 2. The van der Waals surface area contributed by atoms with Crippen LogP contribution in [0.25, 0.3) is 12.2 Å². The van der Waals surface area contributed by atoms with Crippen LogP contribution in [0.15, 0.2) is 60.2 Å². The smallest absolute Gasteiger partial charge is 0.507 e. The quantitative estimate of drug-likeness (QED) is 0.305. The van der Waals surface area contributed by atoms with E-state index in [1.807, 2.05) is 48.6 Å². The van der Waals surface area contributed by atoms with E-state index in [-0.39, 0.29) is 17.1 Å². The third-order valence-corrected chi connectivity index (χ3v) is 4.06. The average Bonchev–Trinajstić information content (AvgIpc) is 2.63. The van der Waals surface area contributed by atoms with Crippen molar-refractivity contribution in [3.63, 3.8) is 0 Å². The van der Waals surface area contributed by atoms with E-state index < -0.39 is 0 Å². The number of hydrogen-bond acceptors (Lipinski definition) is 2. The van der Waals surface area contributed by atoms with Crippen molar-refractivity contribution in [1.29, 1.82) is 0 Å². The first kappa shape index (κ1) is 22.1. The first-order valence-electron chi connectivity index (χ1n) is 8.73. The van der Waals surface area contributed by atoms with E-state index in [1.165, 1.54) is 5.57 Å². The van der Waals surface area contributed by atoms with Gasteiger partial charge < -0.3 is 23.6 Å². The molecule has 2 rings (SSSR count). The minimum Gasteiger partial charge on any atom is -0.507 e. The van der Waals surface area contributed by atoms with E-state index in [0.29, 0.717) is 11.5 Å². The third kappa shape index (κ3) is 7.51. The van der Waals surface area contributed by atoms with Gasteiger partial charge in [0, 0.05) is 11.1 Å². The summed E-state index contributed by atoms with van der Waals surface area (Å²) < 4.78 is 0. The SMILES string of the molecule is [CH2-]CC(=Cc1ccccc1O)CCC[CH-]CC=Cc1ccccc1O.[Mn+3]. The second-order valence-electron chi connectivity index (χ2n) is 5.99. The van der Waals surface area contributed by atoms with E-state index in [4.69, 9.17) is 0 Å². The zero-order valence-electron chi connectivity index (χ0n) is 14.9. The maximum Gasteiger partial charge on any atom is 3.00 e. The number of hydrogen-bond donors (Lipinski definition) is 2. The van der Waals surface area contributed by atoms with Crippen LogP contribution in [0.1, 0.15) is 43.2 Å². The Morgan fingerprint density at radius 1 is 0.962 bits per heavy atom. The van der Waals surface area contributed by atoms with Gasteiger partial charge in [0.2, 0.25) is 0 Å². The molecule has 0 radical (unpaired) electrons. The summed E-state index contributed by atoms with van der Waals surface area (Å²) in [5, 5.41) is 19.5. The van der Waals surface area contributed by atoms with Gasteiger partial charge in [-0.15, -0.1) is 6.08 Å². The molecule has 2 nitrogen and oxygen atoms in total. The Morgan fingerprint density at radius 2 is 1.58 bits per heavy atom. The zero-order valence-corrected chi connectivity index (χ0v) is 16.1. The second-order valence-corrected chi connectivity index (χ2v) is 5.99. The zero-order chi connectivity index (χ0) is 17.9. The van der Waals surface area contributed by atoms with Crippen LogP contribution in [-0.2, 0) is 17.1 Å². The number of rotatable bonds is 9. The molecule has 2 aromatic rings. The summed E-state index contributed by atoms with van der Waals surface area (Å²) in [5.74, 6) is 0.627. The van der Waals surface area contributed by atoms with E-state index in [1.54, 1.807) is 12.1 Å². The molecular formula is C23H26MnO2+. The molecule has 136 valence electrons. The van der Waals surface area contributed by atoms with Gasteiger partial charge in [0.05, 0.1) is 0 Å². The molecule has 3 heteroatoms. The van der Waals surface area contributed by atoms with Crippen molar-refractivity contribution in [2.75, 3.05) is 0 Å². The first-order valence-corrected chi connectivity index (χ1v) is 8.73. The second kappa shape index (κ2) is 12.4. The van der Waals surface area contributed by atoms with Gasteiger partial charge in [-0.05, 0) is 18.6 Å². The Bertz CT molecular complexity index is 720. The molecule has 0 saturated heterocycles. The van der Waals surface area contributed by atoms with E-state index >= 15 is 0 Å². The maximum absolute atomic E-state index is 9.84. The van der Waals surface area contributed by atoms with Gasteiger partial charge in [-0.1, -0.05) is 60.5 Å². The molecule has 0 spiro atoms. The van der Waals surface area contributed by atoms with Crippen molar-refractivity contribution < 1.29 is 27.3 Å². The van der Waals surface area contributed by atoms with E-state index in [0.717, 1.165) is 43.2 Å². The number of aromatic hydroxyl groups is 2. The van der Waals surface area contributed by atoms with Crippen LogP contribution in [0.2, 0.25) is 0 Å². The molecule has 0 amide bonds.